The lowest BCUT2D eigenvalue weighted by Crippen LogP contribution is -2.28. The number of rotatable bonds is 3. The SMILES string of the molecule is Cc1nc2cc(CN[C@@H]3CCOC3)ccc2n1C. The first-order valence-corrected chi connectivity index (χ1v) is 6.47. The number of benzene rings is 1. The Kier molecular flexibility index (Phi) is 3.06. The Morgan fingerprint density at radius 3 is 3.17 bits per heavy atom. The lowest BCUT2D eigenvalue weighted by Gasteiger charge is -2.10. The third-order valence-corrected chi connectivity index (χ3v) is 3.69. The van der Waals surface area contributed by atoms with E-state index in [0.717, 1.165) is 37.5 Å². The first-order valence-electron chi connectivity index (χ1n) is 6.47. The van der Waals surface area contributed by atoms with Crippen molar-refractivity contribution >= 4 is 11.0 Å². The van der Waals surface area contributed by atoms with Gasteiger partial charge in [-0.2, -0.15) is 0 Å². The number of imidazole rings is 1. The van der Waals surface area contributed by atoms with Crippen LogP contribution in [0, 0.1) is 6.92 Å². The number of aryl methyl sites for hydroxylation is 2. The van der Waals surface area contributed by atoms with Crippen molar-refractivity contribution < 1.29 is 4.74 Å². The van der Waals surface area contributed by atoms with E-state index in [9.17, 15) is 0 Å². The van der Waals surface area contributed by atoms with Crippen LogP contribution in [-0.2, 0) is 18.3 Å². The van der Waals surface area contributed by atoms with Crippen molar-refractivity contribution in [2.24, 2.45) is 7.05 Å². The van der Waals surface area contributed by atoms with E-state index in [1.807, 2.05) is 6.92 Å². The molecule has 96 valence electrons. The molecule has 0 amide bonds. The highest BCUT2D eigenvalue weighted by Crippen LogP contribution is 2.16. The molecule has 4 heteroatoms. The number of nitrogens with zero attached hydrogens (tertiary/aromatic N) is 2. The van der Waals surface area contributed by atoms with Gasteiger partial charge >= 0.3 is 0 Å². The monoisotopic (exact) mass is 245 g/mol. The minimum Gasteiger partial charge on any atom is -0.380 e. The average molecular weight is 245 g/mol. The van der Waals surface area contributed by atoms with Crippen LogP contribution in [0.4, 0.5) is 0 Å². The van der Waals surface area contributed by atoms with Gasteiger partial charge in [-0.25, -0.2) is 4.98 Å². The van der Waals surface area contributed by atoms with Gasteiger partial charge in [0.25, 0.3) is 0 Å². The van der Waals surface area contributed by atoms with Crippen LogP contribution in [0.15, 0.2) is 18.2 Å². The van der Waals surface area contributed by atoms with Gasteiger partial charge in [0.15, 0.2) is 0 Å². The molecule has 2 aromatic rings. The molecule has 1 saturated heterocycles. The molecule has 1 atom stereocenters. The standard InChI is InChI=1S/C14H19N3O/c1-10-16-13-7-11(3-4-14(13)17(10)2)8-15-12-5-6-18-9-12/h3-4,7,12,15H,5-6,8-9H2,1-2H3/t12-/m1/s1. The number of nitrogens with one attached hydrogen (secondary N) is 1. The molecule has 0 unspecified atom stereocenters. The molecule has 1 N–H and O–H groups in total. The second-order valence-corrected chi connectivity index (χ2v) is 4.98. The second kappa shape index (κ2) is 4.71. The molecule has 0 spiro atoms. The van der Waals surface area contributed by atoms with Crippen LogP contribution >= 0.6 is 0 Å². The number of fused-ring (bicyclic) bond motifs is 1. The topological polar surface area (TPSA) is 39.1 Å². The molecule has 4 nitrogen and oxygen atoms in total. The van der Waals surface area contributed by atoms with Crippen molar-refractivity contribution in [2.45, 2.75) is 25.9 Å². The van der Waals surface area contributed by atoms with E-state index in [1.54, 1.807) is 0 Å². The van der Waals surface area contributed by atoms with E-state index in [4.69, 9.17) is 4.74 Å². The molecule has 1 aromatic carbocycles. The fraction of sp³-hybridized carbons (Fsp3) is 0.500. The Hall–Kier alpha value is -1.39. The summed E-state index contributed by atoms with van der Waals surface area (Å²) in [5, 5.41) is 3.52. The summed E-state index contributed by atoms with van der Waals surface area (Å²) in [5.74, 6) is 1.05. The Labute approximate surface area is 107 Å². The number of hydrogen-bond acceptors (Lipinski definition) is 3. The Morgan fingerprint density at radius 2 is 2.39 bits per heavy atom. The normalized spacial score (nSPS) is 19.8. The molecule has 1 aliphatic rings. The zero-order chi connectivity index (χ0) is 12.5. The third-order valence-electron chi connectivity index (χ3n) is 3.69. The van der Waals surface area contributed by atoms with Crippen molar-refractivity contribution in [2.75, 3.05) is 13.2 Å². The number of hydrogen-bond donors (Lipinski definition) is 1. The molecule has 0 bridgehead atoms. The summed E-state index contributed by atoms with van der Waals surface area (Å²) in [6, 6.07) is 7.00. The Bertz CT molecular complexity index is 555. The van der Waals surface area contributed by atoms with Gasteiger partial charge in [0, 0.05) is 26.2 Å². The average Bonchev–Trinajstić information content (AvgIpc) is 2.97. The van der Waals surface area contributed by atoms with E-state index in [0.29, 0.717) is 6.04 Å². The zero-order valence-electron chi connectivity index (χ0n) is 10.9. The Morgan fingerprint density at radius 1 is 1.50 bits per heavy atom. The summed E-state index contributed by atoms with van der Waals surface area (Å²) >= 11 is 0. The summed E-state index contributed by atoms with van der Waals surface area (Å²) in [4.78, 5) is 4.56. The molecule has 0 radical (unpaired) electrons. The maximum Gasteiger partial charge on any atom is 0.106 e. The maximum absolute atomic E-state index is 5.36. The Balaban J connectivity index is 1.76. The third kappa shape index (κ3) is 2.13. The van der Waals surface area contributed by atoms with Crippen molar-refractivity contribution in [3.8, 4) is 0 Å². The molecule has 0 aliphatic carbocycles. The van der Waals surface area contributed by atoms with Crippen LogP contribution in [0.3, 0.4) is 0 Å². The second-order valence-electron chi connectivity index (χ2n) is 4.98. The summed E-state index contributed by atoms with van der Waals surface area (Å²) in [6.07, 6.45) is 1.12. The first-order chi connectivity index (χ1) is 8.74. The highest BCUT2D eigenvalue weighted by molar-refractivity contribution is 5.76. The van der Waals surface area contributed by atoms with Gasteiger partial charge in [-0.1, -0.05) is 6.07 Å². The predicted molar refractivity (Wildman–Crippen MR) is 71.5 cm³/mol. The quantitative estimate of drug-likeness (QED) is 0.895. The molecular formula is C14H19N3O. The van der Waals surface area contributed by atoms with E-state index in [-0.39, 0.29) is 0 Å². The van der Waals surface area contributed by atoms with E-state index < -0.39 is 0 Å². The van der Waals surface area contributed by atoms with Gasteiger partial charge in [-0.15, -0.1) is 0 Å². The van der Waals surface area contributed by atoms with Crippen LogP contribution in [-0.4, -0.2) is 28.8 Å². The predicted octanol–water partition coefficient (Wildman–Crippen LogP) is 1.76. The highest BCUT2D eigenvalue weighted by atomic mass is 16.5. The minimum atomic E-state index is 0.506. The minimum absolute atomic E-state index is 0.506. The molecule has 1 fully saturated rings. The number of ether oxygens (including phenoxy) is 1. The van der Waals surface area contributed by atoms with Crippen molar-refractivity contribution in [1.29, 1.82) is 0 Å². The van der Waals surface area contributed by atoms with Crippen LogP contribution in [0.2, 0.25) is 0 Å². The van der Waals surface area contributed by atoms with Crippen LogP contribution in [0.5, 0.6) is 0 Å². The smallest absolute Gasteiger partial charge is 0.106 e. The van der Waals surface area contributed by atoms with E-state index in [1.165, 1.54) is 11.1 Å². The summed E-state index contributed by atoms with van der Waals surface area (Å²) in [7, 11) is 2.05. The summed E-state index contributed by atoms with van der Waals surface area (Å²) in [5.41, 5.74) is 3.56. The van der Waals surface area contributed by atoms with Crippen molar-refractivity contribution in [1.82, 2.24) is 14.9 Å². The van der Waals surface area contributed by atoms with Gasteiger partial charge in [0.1, 0.15) is 5.82 Å². The largest absolute Gasteiger partial charge is 0.380 e. The van der Waals surface area contributed by atoms with Crippen LogP contribution in [0.25, 0.3) is 11.0 Å². The van der Waals surface area contributed by atoms with Gasteiger partial charge in [0.05, 0.1) is 17.6 Å². The lowest BCUT2D eigenvalue weighted by molar-refractivity contribution is 0.190. The van der Waals surface area contributed by atoms with E-state index in [2.05, 4.69) is 40.1 Å². The molecule has 1 aromatic heterocycles. The summed E-state index contributed by atoms with van der Waals surface area (Å²) in [6.45, 7) is 4.65. The first kappa shape index (κ1) is 11.7. The van der Waals surface area contributed by atoms with Gasteiger partial charge < -0.3 is 14.6 Å². The highest BCUT2D eigenvalue weighted by Gasteiger charge is 2.14. The van der Waals surface area contributed by atoms with E-state index >= 15 is 0 Å². The molecule has 1 aliphatic heterocycles. The zero-order valence-corrected chi connectivity index (χ0v) is 10.9. The molecule has 2 heterocycles. The molecule has 3 rings (SSSR count). The summed E-state index contributed by atoms with van der Waals surface area (Å²) < 4.78 is 7.48. The van der Waals surface area contributed by atoms with Crippen LogP contribution < -0.4 is 5.32 Å². The number of aromatic nitrogens is 2. The molecule has 0 saturated carbocycles. The van der Waals surface area contributed by atoms with Crippen molar-refractivity contribution in [3.05, 3.63) is 29.6 Å². The van der Waals surface area contributed by atoms with Crippen LogP contribution in [0.1, 0.15) is 17.8 Å². The van der Waals surface area contributed by atoms with Gasteiger partial charge in [-0.05, 0) is 31.0 Å². The van der Waals surface area contributed by atoms with Crippen molar-refractivity contribution in [3.63, 3.8) is 0 Å². The molecular weight excluding hydrogens is 226 g/mol. The molecule has 18 heavy (non-hydrogen) atoms. The van der Waals surface area contributed by atoms with Gasteiger partial charge in [0.2, 0.25) is 0 Å². The van der Waals surface area contributed by atoms with Gasteiger partial charge in [-0.3, -0.25) is 0 Å². The maximum atomic E-state index is 5.36. The fourth-order valence-corrected chi connectivity index (χ4v) is 2.43. The fourth-order valence-electron chi connectivity index (χ4n) is 2.43. The lowest BCUT2D eigenvalue weighted by atomic mass is 10.2.